The van der Waals surface area contributed by atoms with Crippen LogP contribution in [0.4, 0.5) is 0 Å². The van der Waals surface area contributed by atoms with E-state index in [-0.39, 0.29) is 29.9 Å². The third-order valence-corrected chi connectivity index (χ3v) is 1.42. The fourth-order valence-corrected chi connectivity index (χ4v) is 0.811. The average molecular weight is 231 g/mol. The first-order valence-electron chi connectivity index (χ1n) is 3.74. The van der Waals surface area contributed by atoms with Gasteiger partial charge in [0.25, 0.3) is 0 Å². The van der Waals surface area contributed by atoms with Crippen molar-refractivity contribution in [2.45, 2.75) is 0 Å². The van der Waals surface area contributed by atoms with Gasteiger partial charge in [0.15, 0.2) is 11.5 Å². The lowest BCUT2D eigenvalue weighted by Gasteiger charge is -1.98. The summed E-state index contributed by atoms with van der Waals surface area (Å²) in [7, 11) is 0. The zero-order valence-corrected chi connectivity index (χ0v) is 8.48. The number of nitrogens with zero attached hydrogens (tertiary/aromatic N) is 2. The predicted molar refractivity (Wildman–Crippen MR) is 60.4 cm³/mol. The number of nitrogens with two attached hydrogens (primary N) is 2. The highest BCUT2D eigenvalue weighted by molar-refractivity contribution is 5.85. The van der Waals surface area contributed by atoms with Gasteiger partial charge in [-0.25, -0.2) is 0 Å². The lowest BCUT2D eigenvalue weighted by atomic mass is 10.2. The molecule has 0 fully saturated rings. The molecule has 0 aliphatic carbocycles. The fraction of sp³-hybridized carbons (Fsp3) is 0. The van der Waals surface area contributed by atoms with E-state index in [1.165, 1.54) is 12.3 Å². The number of halogens is 1. The minimum Gasteiger partial charge on any atom is -0.504 e. The van der Waals surface area contributed by atoms with Crippen LogP contribution in [0.15, 0.2) is 28.4 Å². The van der Waals surface area contributed by atoms with Gasteiger partial charge in [-0.15, -0.1) is 17.5 Å². The Hall–Kier alpha value is -1.95. The van der Waals surface area contributed by atoms with Crippen molar-refractivity contribution < 1.29 is 10.2 Å². The average Bonchev–Trinajstić information content (AvgIpc) is 2.12. The second-order valence-corrected chi connectivity index (χ2v) is 2.48. The van der Waals surface area contributed by atoms with E-state index in [0.717, 1.165) is 0 Å². The zero-order chi connectivity index (χ0) is 10.6. The molecule has 0 aromatic heterocycles. The molecule has 7 heteroatoms. The van der Waals surface area contributed by atoms with Gasteiger partial charge in [0.2, 0.25) is 5.96 Å². The summed E-state index contributed by atoms with van der Waals surface area (Å²) in [5.74, 6) is -0.665. The third-order valence-electron chi connectivity index (χ3n) is 1.42. The standard InChI is InChI=1S/C8H10N4O2.ClH/c9-8(10)12-11-4-5-2-1-3-6(13)7(5)14;/h1-4,13-14H,(H4,9,10,12);1H/b11-4+;. The maximum Gasteiger partial charge on any atom is 0.211 e. The van der Waals surface area contributed by atoms with Crippen molar-refractivity contribution in [2.24, 2.45) is 21.7 Å². The summed E-state index contributed by atoms with van der Waals surface area (Å²) in [4.78, 5) is 0. The van der Waals surface area contributed by atoms with Gasteiger partial charge in [0.05, 0.1) is 6.21 Å². The minimum atomic E-state index is -0.262. The maximum absolute atomic E-state index is 9.31. The molecule has 0 radical (unpaired) electrons. The molecule has 0 aliphatic rings. The van der Waals surface area contributed by atoms with Crippen LogP contribution in [0.3, 0.4) is 0 Å². The highest BCUT2D eigenvalue weighted by Crippen LogP contribution is 2.26. The van der Waals surface area contributed by atoms with E-state index >= 15 is 0 Å². The Morgan fingerprint density at radius 2 is 1.93 bits per heavy atom. The van der Waals surface area contributed by atoms with Gasteiger partial charge in [0.1, 0.15) is 0 Å². The van der Waals surface area contributed by atoms with Crippen molar-refractivity contribution in [3.63, 3.8) is 0 Å². The Morgan fingerprint density at radius 1 is 1.27 bits per heavy atom. The molecule has 15 heavy (non-hydrogen) atoms. The maximum atomic E-state index is 9.31. The van der Waals surface area contributed by atoms with Crippen LogP contribution in [-0.2, 0) is 0 Å². The number of phenols is 2. The molecule has 1 rings (SSSR count). The Balaban J connectivity index is 0.00000196. The van der Waals surface area contributed by atoms with Crippen molar-refractivity contribution >= 4 is 24.6 Å². The van der Waals surface area contributed by atoms with Crippen LogP contribution in [-0.4, -0.2) is 22.4 Å². The molecular weight excluding hydrogens is 220 g/mol. The van der Waals surface area contributed by atoms with E-state index in [0.29, 0.717) is 5.56 Å². The van der Waals surface area contributed by atoms with Crippen molar-refractivity contribution in [3.05, 3.63) is 23.8 Å². The lowest BCUT2D eigenvalue weighted by Crippen LogP contribution is -2.21. The van der Waals surface area contributed by atoms with Gasteiger partial charge in [-0.05, 0) is 12.1 Å². The summed E-state index contributed by atoms with van der Waals surface area (Å²) in [6.07, 6.45) is 1.23. The number of aromatic hydroxyl groups is 2. The fourth-order valence-electron chi connectivity index (χ4n) is 0.811. The van der Waals surface area contributed by atoms with Gasteiger partial charge in [0, 0.05) is 5.56 Å². The molecule has 1 aromatic rings. The Bertz CT molecular complexity index is 388. The zero-order valence-electron chi connectivity index (χ0n) is 7.66. The molecule has 0 atom stereocenters. The van der Waals surface area contributed by atoms with Crippen LogP contribution in [0.2, 0.25) is 0 Å². The SMILES string of the molecule is Cl.NC(N)=N/N=C/c1cccc(O)c1O. The molecule has 0 aliphatic heterocycles. The Kier molecular flexibility index (Phi) is 4.97. The van der Waals surface area contributed by atoms with E-state index < -0.39 is 0 Å². The number of hydrogen-bond donors (Lipinski definition) is 4. The molecule has 82 valence electrons. The highest BCUT2D eigenvalue weighted by atomic mass is 35.5. The molecule has 0 amide bonds. The van der Waals surface area contributed by atoms with E-state index in [4.69, 9.17) is 16.6 Å². The van der Waals surface area contributed by atoms with E-state index in [2.05, 4.69) is 10.2 Å². The molecule has 0 spiro atoms. The number of guanidine groups is 1. The second-order valence-electron chi connectivity index (χ2n) is 2.48. The topological polar surface area (TPSA) is 117 Å². The summed E-state index contributed by atoms with van der Waals surface area (Å²) >= 11 is 0. The Labute approximate surface area is 92.3 Å². The van der Waals surface area contributed by atoms with Gasteiger partial charge in [-0.3, -0.25) is 0 Å². The molecule has 0 saturated carbocycles. The molecule has 0 heterocycles. The van der Waals surface area contributed by atoms with E-state index in [1.807, 2.05) is 0 Å². The molecule has 0 unspecified atom stereocenters. The van der Waals surface area contributed by atoms with Gasteiger partial charge < -0.3 is 21.7 Å². The van der Waals surface area contributed by atoms with Crippen molar-refractivity contribution in [1.29, 1.82) is 0 Å². The molecule has 0 bridgehead atoms. The molecule has 0 saturated heterocycles. The van der Waals surface area contributed by atoms with Crippen LogP contribution in [0.25, 0.3) is 0 Å². The van der Waals surface area contributed by atoms with Crippen LogP contribution in [0.5, 0.6) is 11.5 Å². The van der Waals surface area contributed by atoms with E-state index in [1.54, 1.807) is 12.1 Å². The van der Waals surface area contributed by atoms with Crippen LogP contribution in [0, 0.1) is 0 Å². The van der Waals surface area contributed by atoms with Crippen LogP contribution >= 0.6 is 12.4 Å². The van der Waals surface area contributed by atoms with Crippen LogP contribution in [0.1, 0.15) is 5.56 Å². The summed E-state index contributed by atoms with van der Waals surface area (Å²) in [5.41, 5.74) is 10.4. The number of rotatable bonds is 2. The summed E-state index contributed by atoms with van der Waals surface area (Å²) < 4.78 is 0. The second kappa shape index (κ2) is 5.71. The number of para-hydroxylation sites is 1. The van der Waals surface area contributed by atoms with Gasteiger partial charge in [-0.1, -0.05) is 6.07 Å². The largest absolute Gasteiger partial charge is 0.504 e. The molecule has 1 aromatic carbocycles. The van der Waals surface area contributed by atoms with Crippen molar-refractivity contribution in [3.8, 4) is 11.5 Å². The number of phenolic OH excluding ortho intramolecular Hbond substituents is 2. The summed E-state index contributed by atoms with van der Waals surface area (Å²) in [6, 6.07) is 4.47. The summed E-state index contributed by atoms with van der Waals surface area (Å²) in [6.45, 7) is 0. The predicted octanol–water partition coefficient (Wildman–Crippen LogP) is 0.127. The third kappa shape index (κ3) is 3.74. The van der Waals surface area contributed by atoms with Gasteiger partial charge in [-0.2, -0.15) is 5.10 Å². The number of hydrogen-bond acceptors (Lipinski definition) is 4. The first-order valence-corrected chi connectivity index (χ1v) is 3.74. The van der Waals surface area contributed by atoms with Crippen molar-refractivity contribution in [1.82, 2.24) is 0 Å². The van der Waals surface area contributed by atoms with Crippen molar-refractivity contribution in [2.75, 3.05) is 0 Å². The lowest BCUT2D eigenvalue weighted by molar-refractivity contribution is 0.403. The molecule has 6 N–H and O–H groups in total. The quantitative estimate of drug-likeness (QED) is 0.250. The van der Waals surface area contributed by atoms with E-state index in [9.17, 15) is 5.11 Å². The Morgan fingerprint density at radius 3 is 2.53 bits per heavy atom. The molecular formula is C8H11ClN4O2. The summed E-state index contributed by atoms with van der Waals surface area (Å²) in [5, 5.41) is 25.2. The first-order chi connectivity index (χ1) is 6.61. The smallest absolute Gasteiger partial charge is 0.211 e. The highest BCUT2D eigenvalue weighted by Gasteiger charge is 2.01. The molecule has 6 nitrogen and oxygen atoms in total. The monoisotopic (exact) mass is 230 g/mol. The number of benzene rings is 1. The van der Waals surface area contributed by atoms with Gasteiger partial charge >= 0.3 is 0 Å². The normalized spacial score (nSPS) is 9.60. The van der Waals surface area contributed by atoms with Crippen LogP contribution < -0.4 is 11.5 Å². The minimum absolute atomic E-state index is 0. The first kappa shape index (κ1) is 13.1.